The van der Waals surface area contributed by atoms with Crippen LogP contribution in [-0.4, -0.2) is 29.2 Å². The minimum atomic E-state index is -4.24. The second kappa shape index (κ2) is 9.39. The van der Waals surface area contributed by atoms with Gasteiger partial charge in [0.25, 0.3) is 21.3 Å². The van der Waals surface area contributed by atoms with Crippen molar-refractivity contribution < 1.29 is 18.4 Å². The summed E-state index contributed by atoms with van der Waals surface area (Å²) in [5.74, 6) is -0.383. The van der Waals surface area contributed by atoms with Gasteiger partial charge in [0.2, 0.25) is 5.88 Å². The van der Waals surface area contributed by atoms with Gasteiger partial charge in [0, 0.05) is 22.4 Å². The molecule has 0 unspecified atom stereocenters. The molecule has 0 saturated carbocycles. The van der Waals surface area contributed by atoms with Gasteiger partial charge in [-0.3, -0.25) is 19.5 Å². The van der Waals surface area contributed by atoms with Crippen LogP contribution in [0.2, 0.25) is 0 Å². The maximum Gasteiger partial charge on any atom is 0.276 e. The quantitative estimate of drug-likeness (QED) is 0.230. The highest BCUT2D eigenvalue weighted by atomic mass is 32.2. The van der Waals surface area contributed by atoms with Crippen molar-refractivity contribution in [3.05, 3.63) is 110 Å². The first-order chi connectivity index (χ1) is 16.7. The lowest BCUT2D eigenvalue weighted by Crippen LogP contribution is -2.23. The van der Waals surface area contributed by atoms with Crippen LogP contribution < -0.4 is 10.4 Å². The summed E-state index contributed by atoms with van der Waals surface area (Å²) in [6.07, 6.45) is 1.10. The minimum Gasteiger partial charge on any atom is -0.494 e. The molecule has 0 radical (unpaired) electrons. The van der Waals surface area contributed by atoms with E-state index >= 15 is 0 Å². The SMILES string of the molecule is Cc1ccc(S(=O)(=O)NN=Cc2c(O)n(Cc3ccccc3)c(=O)c3ccccc23)cc1[N+](=O)[O-]. The van der Waals surface area contributed by atoms with Crippen molar-refractivity contribution in [1.82, 2.24) is 9.40 Å². The van der Waals surface area contributed by atoms with Crippen LogP contribution >= 0.6 is 0 Å². The van der Waals surface area contributed by atoms with Crippen LogP contribution in [0.1, 0.15) is 16.7 Å². The maximum absolute atomic E-state index is 13.0. The van der Waals surface area contributed by atoms with Gasteiger partial charge in [-0.15, -0.1) is 0 Å². The Balaban J connectivity index is 1.73. The van der Waals surface area contributed by atoms with Crippen molar-refractivity contribution in [2.75, 3.05) is 0 Å². The lowest BCUT2D eigenvalue weighted by atomic mass is 10.1. The standard InChI is InChI=1S/C24H20N4O6S/c1-16-11-12-18(13-22(16)28(31)32)35(33,34)26-25-14-21-19-9-5-6-10-20(19)23(29)27(24(21)30)15-17-7-3-2-4-8-17/h2-14,26,30H,15H2,1H3. The van der Waals surface area contributed by atoms with Crippen molar-refractivity contribution in [2.24, 2.45) is 5.10 Å². The van der Waals surface area contributed by atoms with Crippen molar-refractivity contribution in [2.45, 2.75) is 18.4 Å². The number of fused-ring (bicyclic) bond motifs is 1. The highest BCUT2D eigenvalue weighted by Crippen LogP contribution is 2.25. The van der Waals surface area contributed by atoms with Crippen LogP contribution in [0.3, 0.4) is 0 Å². The lowest BCUT2D eigenvalue weighted by molar-refractivity contribution is -0.385. The molecule has 11 heteroatoms. The summed E-state index contributed by atoms with van der Waals surface area (Å²) in [6, 6.07) is 19.1. The lowest BCUT2D eigenvalue weighted by Gasteiger charge is -2.13. The molecule has 1 aromatic heterocycles. The molecule has 2 N–H and O–H groups in total. The molecular formula is C24H20N4O6S. The molecule has 35 heavy (non-hydrogen) atoms. The predicted octanol–water partition coefficient (Wildman–Crippen LogP) is 3.28. The third-order valence-corrected chi connectivity index (χ3v) is 6.65. The Morgan fingerprint density at radius 3 is 2.40 bits per heavy atom. The van der Waals surface area contributed by atoms with Gasteiger partial charge in [-0.1, -0.05) is 54.6 Å². The summed E-state index contributed by atoms with van der Waals surface area (Å²) < 4.78 is 26.5. The summed E-state index contributed by atoms with van der Waals surface area (Å²) in [6.45, 7) is 1.59. The second-order valence-electron chi connectivity index (χ2n) is 7.72. The van der Waals surface area contributed by atoms with Gasteiger partial charge in [-0.25, -0.2) is 4.83 Å². The zero-order chi connectivity index (χ0) is 25.2. The summed E-state index contributed by atoms with van der Waals surface area (Å²) in [5.41, 5.74) is 0.480. The Morgan fingerprint density at radius 1 is 1.06 bits per heavy atom. The number of nitro benzene ring substituents is 1. The molecule has 0 spiro atoms. The normalized spacial score (nSPS) is 11.7. The van der Waals surface area contributed by atoms with E-state index in [1.807, 2.05) is 35.2 Å². The van der Waals surface area contributed by atoms with E-state index in [1.54, 1.807) is 24.3 Å². The third-order valence-electron chi connectivity index (χ3n) is 5.43. The topological polar surface area (TPSA) is 144 Å². The summed E-state index contributed by atoms with van der Waals surface area (Å²) in [5, 5.41) is 26.5. The zero-order valence-electron chi connectivity index (χ0n) is 18.5. The zero-order valence-corrected chi connectivity index (χ0v) is 19.3. The van der Waals surface area contributed by atoms with E-state index in [4.69, 9.17) is 0 Å². The van der Waals surface area contributed by atoms with E-state index in [0.717, 1.165) is 17.8 Å². The average Bonchev–Trinajstić information content (AvgIpc) is 2.84. The smallest absolute Gasteiger partial charge is 0.276 e. The number of aromatic nitrogens is 1. The van der Waals surface area contributed by atoms with E-state index in [1.165, 1.54) is 23.6 Å². The van der Waals surface area contributed by atoms with Gasteiger partial charge in [0.1, 0.15) is 0 Å². The first-order valence-corrected chi connectivity index (χ1v) is 11.9. The average molecular weight is 493 g/mol. The van der Waals surface area contributed by atoms with Gasteiger partial charge in [0.15, 0.2) is 0 Å². The minimum absolute atomic E-state index is 0.0932. The van der Waals surface area contributed by atoms with Crippen LogP contribution in [0.4, 0.5) is 5.69 Å². The molecule has 1 heterocycles. The van der Waals surface area contributed by atoms with Crippen molar-refractivity contribution in [1.29, 1.82) is 0 Å². The molecule has 10 nitrogen and oxygen atoms in total. The Labute approximate surface area is 200 Å². The third kappa shape index (κ3) is 4.75. The number of hydrogen-bond acceptors (Lipinski definition) is 7. The first kappa shape index (κ1) is 23.6. The summed E-state index contributed by atoms with van der Waals surface area (Å²) in [7, 11) is -4.24. The van der Waals surface area contributed by atoms with Crippen molar-refractivity contribution in [3.8, 4) is 5.88 Å². The van der Waals surface area contributed by atoms with E-state index in [-0.39, 0.29) is 28.6 Å². The molecule has 0 bridgehead atoms. The van der Waals surface area contributed by atoms with Gasteiger partial charge in [0.05, 0.1) is 28.1 Å². The fourth-order valence-electron chi connectivity index (χ4n) is 3.62. The van der Waals surface area contributed by atoms with Gasteiger partial charge < -0.3 is 5.11 Å². The number of nitrogens with zero attached hydrogens (tertiary/aromatic N) is 3. The number of sulfonamides is 1. The van der Waals surface area contributed by atoms with E-state index < -0.39 is 20.5 Å². The summed E-state index contributed by atoms with van der Waals surface area (Å²) in [4.78, 5) is 25.2. The number of nitrogens with one attached hydrogen (secondary N) is 1. The van der Waals surface area contributed by atoms with Gasteiger partial charge >= 0.3 is 0 Å². The van der Waals surface area contributed by atoms with Crippen LogP contribution in [0, 0.1) is 17.0 Å². The number of aryl methyl sites for hydroxylation is 1. The second-order valence-corrected chi connectivity index (χ2v) is 9.38. The van der Waals surface area contributed by atoms with E-state index in [2.05, 4.69) is 5.10 Å². The molecule has 0 atom stereocenters. The fourth-order valence-corrected chi connectivity index (χ4v) is 4.43. The molecule has 0 saturated heterocycles. The molecule has 4 rings (SSSR count). The molecule has 0 amide bonds. The largest absolute Gasteiger partial charge is 0.494 e. The Morgan fingerprint density at radius 2 is 1.71 bits per heavy atom. The fraction of sp³-hybridized carbons (Fsp3) is 0.0833. The molecule has 0 aliphatic heterocycles. The molecule has 3 aromatic carbocycles. The number of benzene rings is 3. The molecule has 0 fully saturated rings. The monoisotopic (exact) mass is 492 g/mol. The van der Waals surface area contributed by atoms with Crippen LogP contribution in [0.15, 0.2) is 87.6 Å². The molecule has 0 aliphatic rings. The van der Waals surface area contributed by atoms with Crippen LogP contribution in [0.5, 0.6) is 5.88 Å². The van der Waals surface area contributed by atoms with Crippen molar-refractivity contribution >= 4 is 32.7 Å². The summed E-state index contributed by atoms with van der Waals surface area (Å²) >= 11 is 0. The number of rotatable bonds is 7. The Bertz CT molecular complexity index is 1630. The molecule has 178 valence electrons. The number of aromatic hydroxyl groups is 1. The number of hydrogen-bond donors (Lipinski definition) is 2. The highest BCUT2D eigenvalue weighted by molar-refractivity contribution is 7.89. The van der Waals surface area contributed by atoms with Gasteiger partial charge in [-0.2, -0.15) is 13.5 Å². The first-order valence-electron chi connectivity index (χ1n) is 10.4. The van der Waals surface area contributed by atoms with Crippen LogP contribution in [0.25, 0.3) is 10.8 Å². The molecular weight excluding hydrogens is 472 g/mol. The van der Waals surface area contributed by atoms with Crippen LogP contribution in [-0.2, 0) is 16.6 Å². The molecule has 0 aliphatic carbocycles. The predicted molar refractivity (Wildman–Crippen MR) is 131 cm³/mol. The van der Waals surface area contributed by atoms with Gasteiger partial charge in [-0.05, 0) is 24.6 Å². The number of pyridine rings is 1. The Kier molecular flexibility index (Phi) is 6.34. The molecule has 4 aromatic rings. The van der Waals surface area contributed by atoms with E-state index in [9.17, 15) is 28.4 Å². The highest BCUT2D eigenvalue weighted by Gasteiger charge is 2.20. The number of hydrazone groups is 1. The van der Waals surface area contributed by atoms with E-state index in [0.29, 0.717) is 16.3 Å². The number of nitro groups is 1. The Hall–Kier alpha value is -4.51. The maximum atomic E-state index is 13.0. The van der Waals surface area contributed by atoms with Crippen molar-refractivity contribution in [3.63, 3.8) is 0 Å².